The fourth-order valence-corrected chi connectivity index (χ4v) is 5.35. The van der Waals surface area contributed by atoms with E-state index in [4.69, 9.17) is 27.3 Å². The first-order valence-corrected chi connectivity index (χ1v) is 12.2. The van der Waals surface area contributed by atoms with Gasteiger partial charge in [0.2, 0.25) is 5.95 Å². The maximum absolute atomic E-state index is 12.6. The van der Waals surface area contributed by atoms with Crippen LogP contribution in [0, 0.1) is 5.92 Å². The molecule has 162 valence electrons. The molecule has 3 heterocycles. The summed E-state index contributed by atoms with van der Waals surface area (Å²) in [6.45, 7) is 8.17. The molecule has 2 aliphatic rings. The van der Waals surface area contributed by atoms with Gasteiger partial charge in [-0.25, -0.2) is 4.98 Å². The van der Waals surface area contributed by atoms with Gasteiger partial charge in [-0.15, -0.1) is 0 Å². The predicted octanol–water partition coefficient (Wildman–Crippen LogP) is 2.52. The number of aryl methyl sites for hydroxylation is 1. The molecule has 1 aromatic carbocycles. The van der Waals surface area contributed by atoms with Crippen LogP contribution in [0.15, 0.2) is 29.2 Å². The van der Waals surface area contributed by atoms with Gasteiger partial charge in [-0.1, -0.05) is 25.4 Å². The summed E-state index contributed by atoms with van der Waals surface area (Å²) >= 11 is 6.01. The summed E-state index contributed by atoms with van der Waals surface area (Å²) in [5, 5.41) is 4.21. The lowest BCUT2D eigenvalue weighted by Crippen LogP contribution is -2.47. The molecule has 2 atom stereocenters. The Labute approximate surface area is 185 Å². The normalized spacial score (nSPS) is 19.8. The Morgan fingerprint density at radius 3 is 2.43 bits per heavy atom. The highest BCUT2D eigenvalue weighted by atomic mass is 35.5. The number of nitrogens with one attached hydrogen (secondary N) is 1. The Kier molecular flexibility index (Phi) is 6.46. The van der Waals surface area contributed by atoms with Crippen molar-refractivity contribution in [1.29, 1.82) is 0 Å². The minimum Gasteiger partial charge on any atom is -0.368 e. The number of piperazine rings is 1. The Morgan fingerprint density at radius 1 is 1.13 bits per heavy atom. The van der Waals surface area contributed by atoms with Gasteiger partial charge in [0.1, 0.15) is 10.7 Å². The second kappa shape index (κ2) is 9.08. The van der Waals surface area contributed by atoms with E-state index in [0.717, 1.165) is 48.2 Å². The summed E-state index contributed by atoms with van der Waals surface area (Å²) in [5.41, 5.74) is 8.03. The maximum Gasteiger partial charge on any atom is 0.227 e. The summed E-state index contributed by atoms with van der Waals surface area (Å²) in [4.78, 5) is 14.9. The van der Waals surface area contributed by atoms with Crippen LogP contribution in [-0.4, -0.2) is 58.7 Å². The summed E-state index contributed by atoms with van der Waals surface area (Å²) in [6.07, 6.45) is 0.728. The van der Waals surface area contributed by atoms with E-state index in [2.05, 4.69) is 41.1 Å². The number of aromatic nitrogens is 2. The van der Waals surface area contributed by atoms with Crippen molar-refractivity contribution in [2.75, 3.05) is 53.6 Å². The van der Waals surface area contributed by atoms with Crippen LogP contribution in [0.2, 0.25) is 5.02 Å². The summed E-state index contributed by atoms with van der Waals surface area (Å²) in [5.74, 6) is 2.36. The fraction of sp³-hybridized carbons (Fsp3) is 0.524. The molecule has 0 aliphatic carbocycles. The van der Waals surface area contributed by atoms with Gasteiger partial charge in [0.05, 0.1) is 16.5 Å². The molecule has 0 spiro atoms. The number of benzene rings is 1. The van der Waals surface area contributed by atoms with Crippen LogP contribution in [0.5, 0.6) is 0 Å². The summed E-state index contributed by atoms with van der Waals surface area (Å²) in [7, 11) is -1.05. The Bertz CT molecular complexity index is 914. The van der Waals surface area contributed by atoms with E-state index in [1.807, 2.05) is 12.1 Å². The average molecular weight is 449 g/mol. The molecule has 30 heavy (non-hydrogen) atoms. The van der Waals surface area contributed by atoms with Gasteiger partial charge >= 0.3 is 0 Å². The third-order valence-electron chi connectivity index (χ3n) is 5.81. The Morgan fingerprint density at radius 2 is 1.80 bits per heavy atom. The number of nitrogens with zero attached hydrogens (tertiary/aromatic N) is 4. The van der Waals surface area contributed by atoms with Gasteiger partial charge in [0, 0.05) is 61.6 Å². The number of halogens is 1. The SMILES string of the molecule is CC(C)C(CN)Nc1nc(N2CCN(c3ccc(Cl)cc3)CC2)nc2c1S(=O)CC2. The monoisotopic (exact) mass is 448 g/mol. The van der Waals surface area contributed by atoms with Gasteiger partial charge in [-0.2, -0.15) is 4.98 Å². The Balaban J connectivity index is 1.54. The largest absolute Gasteiger partial charge is 0.368 e. The molecular weight excluding hydrogens is 420 g/mol. The summed E-state index contributed by atoms with van der Waals surface area (Å²) < 4.78 is 12.6. The molecule has 1 aromatic heterocycles. The van der Waals surface area contributed by atoms with Crippen LogP contribution in [0.4, 0.5) is 17.5 Å². The van der Waals surface area contributed by atoms with E-state index in [-0.39, 0.29) is 6.04 Å². The first-order chi connectivity index (χ1) is 14.5. The maximum atomic E-state index is 12.6. The summed E-state index contributed by atoms with van der Waals surface area (Å²) in [6, 6.07) is 8.04. The molecule has 0 amide bonds. The van der Waals surface area contributed by atoms with Gasteiger partial charge in [-0.05, 0) is 30.2 Å². The van der Waals surface area contributed by atoms with Crippen molar-refractivity contribution in [3.63, 3.8) is 0 Å². The molecule has 7 nitrogen and oxygen atoms in total. The number of anilines is 3. The molecular formula is C21H29ClN6OS. The first kappa shape index (κ1) is 21.3. The minimum absolute atomic E-state index is 0.0798. The van der Waals surface area contributed by atoms with Crippen molar-refractivity contribution in [2.24, 2.45) is 11.7 Å². The lowest BCUT2D eigenvalue weighted by Gasteiger charge is -2.36. The standard InChI is InChI=1S/C21H29ClN6OS/c1-14(2)18(13-23)24-20-19-17(7-12-30(19)29)25-21(26-20)28-10-8-27(9-11-28)16-5-3-15(22)4-6-16/h3-6,14,18H,7-13,23H2,1-2H3,(H,24,25,26). The first-order valence-electron chi connectivity index (χ1n) is 10.5. The van der Waals surface area contributed by atoms with E-state index in [9.17, 15) is 4.21 Å². The van der Waals surface area contributed by atoms with Crippen LogP contribution in [-0.2, 0) is 17.2 Å². The molecule has 3 N–H and O–H groups in total. The molecule has 1 saturated heterocycles. The zero-order chi connectivity index (χ0) is 21.3. The smallest absolute Gasteiger partial charge is 0.227 e. The van der Waals surface area contributed by atoms with Crippen LogP contribution in [0.3, 0.4) is 0 Å². The van der Waals surface area contributed by atoms with Crippen molar-refractivity contribution in [3.05, 3.63) is 35.0 Å². The highest BCUT2D eigenvalue weighted by Crippen LogP contribution is 2.31. The second-order valence-electron chi connectivity index (χ2n) is 8.13. The molecule has 0 bridgehead atoms. The highest BCUT2D eigenvalue weighted by Gasteiger charge is 2.29. The van der Waals surface area contributed by atoms with Crippen molar-refractivity contribution in [1.82, 2.24) is 9.97 Å². The number of hydrogen-bond acceptors (Lipinski definition) is 7. The molecule has 2 unspecified atom stereocenters. The number of nitrogens with two attached hydrogens (primary N) is 1. The van der Waals surface area contributed by atoms with Gasteiger partial charge in [0.15, 0.2) is 0 Å². The number of rotatable bonds is 6. The number of hydrogen-bond donors (Lipinski definition) is 2. The lowest BCUT2D eigenvalue weighted by molar-refractivity contribution is 0.528. The fourth-order valence-electron chi connectivity index (χ4n) is 3.91. The third kappa shape index (κ3) is 4.40. The second-order valence-corrected chi connectivity index (χ2v) is 10.1. The molecule has 9 heteroatoms. The van der Waals surface area contributed by atoms with E-state index in [1.165, 1.54) is 5.69 Å². The molecule has 0 radical (unpaired) electrons. The molecule has 4 rings (SSSR count). The molecule has 2 aromatic rings. The topological polar surface area (TPSA) is 87.4 Å². The Hall–Kier alpha value is -1.90. The van der Waals surface area contributed by atoms with Crippen molar-refractivity contribution < 1.29 is 4.21 Å². The highest BCUT2D eigenvalue weighted by molar-refractivity contribution is 7.85. The van der Waals surface area contributed by atoms with Crippen molar-refractivity contribution in [2.45, 2.75) is 31.2 Å². The molecule has 2 aliphatic heterocycles. The van der Waals surface area contributed by atoms with E-state index >= 15 is 0 Å². The quantitative estimate of drug-likeness (QED) is 0.701. The van der Waals surface area contributed by atoms with Crippen LogP contribution >= 0.6 is 11.6 Å². The van der Waals surface area contributed by atoms with E-state index < -0.39 is 10.8 Å². The van der Waals surface area contributed by atoms with E-state index in [1.54, 1.807) is 0 Å². The molecule has 0 saturated carbocycles. The average Bonchev–Trinajstić information content (AvgIpc) is 3.13. The van der Waals surface area contributed by atoms with Crippen LogP contribution in [0.25, 0.3) is 0 Å². The van der Waals surface area contributed by atoms with Crippen molar-refractivity contribution in [3.8, 4) is 0 Å². The van der Waals surface area contributed by atoms with Crippen molar-refractivity contribution >= 4 is 39.9 Å². The van der Waals surface area contributed by atoms with Gasteiger partial charge in [-0.3, -0.25) is 4.21 Å². The van der Waals surface area contributed by atoms with Gasteiger partial charge in [0.25, 0.3) is 0 Å². The number of fused-ring (bicyclic) bond motifs is 1. The van der Waals surface area contributed by atoms with Crippen LogP contribution < -0.4 is 20.9 Å². The minimum atomic E-state index is -1.05. The zero-order valence-corrected chi connectivity index (χ0v) is 19.0. The predicted molar refractivity (Wildman–Crippen MR) is 124 cm³/mol. The van der Waals surface area contributed by atoms with E-state index in [0.29, 0.717) is 30.0 Å². The van der Waals surface area contributed by atoms with Crippen LogP contribution in [0.1, 0.15) is 19.5 Å². The molecule has 1 fully saturated rings. The lowest BCUT2D eigenvalue weighted by atomic mass is 10.0. The third-order valence-corrected chi connectivity index (χ3v) is 7.52. The van der Waals surface area contributed by atoms with Gasteiger partial charge < -0.3 is 20.9 Å². The zero-order valence-electron chi connectivity index (χ0n) is 17.5.